The average molecular weight is 496 g/mol. The number of hydrogen-bond donors (Lipinski definition) is 1. The van der Waals surface area contributed by atoms with E-state index < -0.39 is 21.7 Å². The lowest BCUT2D eigenvalue weighted by atomic mass is 10.0. The van der Waals surface area contributed by atoms with Gasteiger partial charge >= 0.3 is 6.09 Å². The summed E-state index contributed by atoms with van der Waals surface area (Å²) in [6, 6.07) is 4.41. The van der Waals surface area contributed by atoms with Gasteiger partial charge in [0.05, 0.1) is 17.6 Å². The van der Waals surface area contributed by atoms with Gasteiger partial charge in [-0.2, -0.15) is 4.31 Å². The largest absolute Gasteiger partial charge is 0.496 e. The minimum atomic E-state index is -3.69. The summed E-state index contributed by atoms with van der Waals surface area (Å²) >= 11 is 0. The van der Waals surface area contributed by atoms with Crippen LogP contribution in [-0.2, 0) is 14.8 Å². The topological polar surface area (TPSA) is 105 Å². The second-order valence-corrected chi connectivity index (χ2v) is 11.8. The maximum absolute atomic E-state index is 13.3. The van der Waals surface area contributed by atoms with E-state index in [2.05, 4.69) is 5.32 Å². The SMILES string of the molecule is COc1ccc(S(=O)(=O)N2CCCCCC2)cc1C(=O)N1CCC(NC(=O)OC(C)(C)C)CC1. The predicted molar refractivity (Wildman–Crippen MR) is 129 cm³/mol. The Morgan fingerprint density at radius 2 is 1.62 bits per heavy atom. The first-order valence-electron chi connectivity index (χ1n) is 12.0. The molecule has 2 heterocycles. The zero-order valence-corrected chi connectivity index (χ0v) is 21.4. The van der Waals surface area contributed by atoms with Crippen LogP contribution in [0.3, 0.4) is 0 Å². The van der Waals surface area contributed by atoms with Crippen LogP contribution in [0.5, 0.6) is 5.75 Å². The van der Waals surface area contributed by atoms with E-state index in [1.165, 1.54) is 23.5 Å². The maximum atomic E-state index is 13.3. The van der Waals surface area contributed by atoms with Crippen LogP contribution in [0.15, 0.2) is 23.1 Å². The molecule has 1 aromatic carbocycles. The first kappa shape index (κ1) is 26.3. The van der Waals surface area contributed by atoms with Crippen LogP contribution in [0.1, 0.15) is 69.7 Å². The number of nitrogens with zero attached hydrogens (tertiary/aromatic N) is 2. The van der Waals surface area contributed by atoms with Crippen molar-refractivity contribution in [1.82, 2.24) is 14.5 Å². The highest BCUT2D eigenvalue weighted by Gasteiger charge is 2.30. The molecule has 1 N–H and O–H groups in total. The summed E-state index contributed by atoms with van der Waals surface area (Å²) in [4.78, 5) is 27.2. The van der Waals surface area contributed by atoms with Crippen molar-refractivity contribution in [3.8, 4) is 5.75 Å². The third-order valence-corrected chi connectivity index (χ3v) is 8.00. The molecule has 3 rings (SSSR count). The molecule has 0 atom stereocenters. The predicted octanol–water partition coefficient (Wildman–Crippen LogP) is 3.39. The molecule has 0 bridgehead atoms. The van der Waals surface area contributed by atoms with Crippen molar-refractivity contribution in [2.24, 2.45) is 0 Å². The van der Waals surface area contributed by atoms with E-state index >= 15 is 0 Å². The van der Waals surface area contributed by atoms with E-state index in [4.69, 9.17) is 9.47 Å². The van der Waals surface area contributed by atoms with Crippen LogP contribution < -0.4 is 10.1 Å². The highest BCUT2D eigenvalue weighted by molar-refractivity contribution is 7.89. The van der Waals surface area contributed by atoms with Gasteiger partial charge in [0.25, 0.3) is 5.91 Å². The molecule has 2 saturated heterocycles. The molecule has 2 aliphatic rings. The lowest BCUT2D eigenvalue weighted by Crippen LogP contribution is -2.47. The Morgan fingerprint density at radius 1 is 1.00 bits per heavy atom. The van der Waals surface area contributed by atoms with Crippen LogP contribution in [0.4, 0.5) is 4.79 Å². The molecular weight excluding hydrogens is 458 g/mol. The van der Waals surface area contributed by atoms with Crippen molar-refractivity contribution >= 4 is 22.0 Å². The third-order valence-electron chi connectivity index (χ3n) is 6.11. The molecule has 2 amide bonds. The number of rotatable bonds is 5. The second-order valence-electron chi connectivity index (χ2n) is 9.89. The standard InChI is InChI=1S/C24H37N3O6S/c1-24(2,3)33-23(29)25-18-11-15-26(16-12-18)22(28)20-17-19(9-10-21(20)32-4)34(30,31)27-13-7-5-6-8-14-27/h9-10,17-18H,5-8,11-16H2,1-4H3,(H,25,29). The number of ether oxygens (including phenoxy) is 2. The summed E-state index contributed by atoms with van der Waals surface area (Å²) in [6.07, 6.45) is 4.43. The molecule has 0 aliphatic carbocycles. The Balaban J connectivity index is 1.70. The van der Waals surface area contributed by atoms with Gasteiger partial charge in [0, 0.05) is 32.2 Å². The number of benzene rings is 1. The van der Waals surface area contributed by atoms with E-state index in [0.717, 1.165) is 25.7 Å². The Kier molecular flexibility index (Phi) is 8.46. The fourth-order valence-corrected chi connectivity index (χ4v) is 5.86. The van der Waals surface area contributed by atoms with Crippen LogP contribution in [0, 0.1) is 0 Å². The van der Waals surface area contributed by atoms with Gasteiger partial charge in [-0.05, 0) is 64.7 Å². The molecule has 0 radical (unpaired) electrons. The normalized spacial score (nSPS) is 18.8. The quantitative estimate of drug-likeness (QED) is 0.671. The lowest BCUT2D eigenvalue weighted by Gasteiger charge is -2.33. The Morgan fingerprint density at radius 3 is 2.18 bits per heavy atom. The summed E-state index contributed by atoms with van der Waals surface area (Å²) < 4.78 is 38.7. The van der Waals surface area contributed by atoms with Crippen LogP contribution in [0.25, 0.3) is 0 Å². The molecule has 2 aliphatic heterocycles. The molecule has 190 valence electrons. The van der Waals surface area contributed by atoms with Gasteiger partial charge < -0.3 is 19.7 Å². The third kappa shape index (κ3) is 6.63. The van der Waals surface area contributed by atoms with Crippen molar-refractivity contribution in [1.29, 1.82) is 0 Å². The molecule has 2 fully saturated rings. The maximum Gasteiger partial charge on any atom is 0.407 e. The number of carbonyl (C=O) groups excluding carboxylic acids is 2. The molecule has 9 nitrogen and oxygen atoms in total. The number of likely N-dealkylation sites (tertiary alicyclic amines) is 1. The van der Waals surface area contributed by atoms with Crippen molar-refractivity contribution in [2.45, 2.75) is 75.8 Å². The van der Waals surface area contributed by atoms with E-state index in [1.807, 2.05) is 20.8 Å². The first-order valence-corrected chi connectivity index (χ1v) is 13.4. The smallest absolute Gasteiger partial charge is 0.407 e. The van der Waals surface area contributed by atoms with E-state index in [9.17, 15) is 18.0 Å². The number of piperidine rings is 1. The molecule has 34 heavy (non-hydrogen) atoms. The summed E-state index contributed by atoms with van der Waals surface area (Å²) in [5.74, 6) is 0.0642. The summed E-state index contributed by atoms with van der Waals surface area (Å²) in [7, 11) is -2.22. The number of methoxy groups -OCH3 is 1. The number of sulfonamides is 1. The summed E-state index contributed by atoms with van der Waals surface area (Å²) in [5, 5.41) is 2.86. The zero-order chi connectivity index (χ0) is 24.9. The highest BCUT2D eigenvalue weighted by Crippen LogP contribution is 2.28. The lowest BCUT2D eigenvalue weighted by molar-refractivity contribution is 0.0473. The Bertz CT molecular complexity index is 973. The fourth-order valence-electron chi connectivity index (χ4n) is 4.32. The minimum Gasteiger partial charge on any atom is -0.496 e. The molecular formula is C24H37N3O6S. The van der Waals surface area contributed by atoms with Gasteiger partial charge in [-0.25, -0.2) is 13.2 Å². The molecule has 0 aromatic heterocycles. The van der Waals surface area contributed by atoms with E-state index in [-0.39, 0.29) is 22.4 Å². The van der Waals surface area contributed by atoms with Crippen LogP contribution in [-0.4, -0.2) is 74.6 Å². The highest BCUT2D eigenvalue weighted by atomic mass is 32.2. The number of amides is 2. The number of alkyl carbamates (subject to hydrolysis) is 1. The Hall–Kier alpha value is -2.33. The van der Waals surface area contributed by atoms with Crippen molar-refractivity contribution in [3.63, 3.8) is 0 Å². The van der Waals surface area contributed by atoms with Gasteiger partial charge in [-0.1, -0.05) is 12.8 Å². The van der Waals surface area contributed by atoms with Crippen molar-refractivity contribution in [3.05, 3.63) is 23.8 Å². The average Bonchev–Trinajstić information content (AvgIpc) is 3.07. The Labute approximate surface area is 202 Å². The molecule has 0 spiro atoms. The number of hydrogen-bond acceptors (Lipinski definition) is 6. The van der Waals surface area contributed by atoms with Crippen LogP contribution >= 0.6 is 0 Å². The van der Waals surface area contributed by atoms with Gasteiger partial charge in [-0.15, -0.1) is 0 Å². The van der Waals surface area contributed by atoms with Gasteiger partial charge in [-0.3, -0.25) is 4.79 Å². The zero-order valence-electron chi connectivity index (χ0n) is 20.6. The van der Waals surface area contributed by atoms with Gasteiger partial charge in [0.1, 0.15) is 11.4 Å². The van der Waals surface area contributed by atoms with Gasteiger partial charge in [0.15, 0.2) is 0 Å². The van der Waals surface area contributed by atoms with Crippen LogP contribution in [0.2, 0.25) is 0 Å². The van der Waals surface area contributed by atoms with E-state index in [0.29, 0.717) is 44.8 Å². The van der Waals surface area contributed by atoms with E-state index in [1.54, 1.807) is 11.0 Å². The summed E-state index contributed by atoms with van der Waals surface area (Å²) in [5.41, 5.74) is -0.340. The van der Waals surface area contributed by atoms with Gasteiger partial charge in [0.2, 0.25) is 10.0 Å². The monoisotopic (exact) mass is 495 g/mol. The molecule has 0 unspecified atom stereocenters. The fraction of sp³-hybridized carbons (Fsp3) is 0.667. The minimum absolute atomic E-state index is 0.0875. The number of nitrogens with one attached hydrogen (secondary N) is 1. The first-order chi connectivity index (χ1) is 16.0. The van der Waals surface area contributed by atoms with Crippen molar-refractivity contribution < 1.29 is 27.5 Å². The summed E-state index contributed by atoms with van der Waals surface area (Å²) in [6.45, 7) is 7.29. The molecule has 0 saturated carbocycles. The molecule has 1 aromatic rings. The van der Waals surface area contributed by atoms with Crippen molar-refractivity contribution in [2.75, 3.05) is 33.3 Å². The second kappa shape index (κ2) is 10.9. The molecule has 10 heteroatoms. The number of carbonyl (C=O) groups is 2.